The monoisotopic (exact) mass is 425 g/mol. The molecule has 140 valence electrons. The number of nitrogens with two attached hydrogens (primary N) is 1. The summed E-state index contributed by atoms with van der Waals surface area (Å²) in [6.07, 6.45) is 5.11. The minimum absolute atomic E-state index is 0.163. The predicted octanol–water partition coefficient (Wildman–Crippen LogP) is 4.68. The van der Waals surface area contributed by atoms with Gasteiger partial charge in [-0.2, -0.15) is 0 Å². The van der Waals surface area contributed by atoms with Crippen molar-refractivity contribution in [1.29, 1.82) is 0 Å². The number of thiocarbonyl (C=S) groups is 1. The van der Waals surface area contributed by atoms with Crippen LogP contribution in [0.15, 0.2) is 53.5 Å². The molecule has 1 atom stereocenters. The number of sulfonamides is 1. The van der Waals surface area contributed by atoms with Gasteiger partial charge < -0.3 is 0 Å². The molecule has 0 aliphatic heterocycles. The Morgan fingerprint density at radius 3 is 2.30 bits per heavy atom. The van der Waals surface area contributed by atoms with Crippen molar-refractivity contribution in [2.24, 2.45) is 5.14 Å². The Balaban J connectivity index is 1.96. The van der Waals surface area contributed by atoms with Gasteiger partial charge in [0.1, 0.15) is 11.6 Å². The topological polar surface area (TPSA) is 60.2 Å². The third-order valence-electron chi connectivity index (χ3n) is 4.24. The molecule has 0 amide bonds. The van der Waals surface area contributed by atoms with Gasteiger partial charge in [-0.3, -0.25) is 0 Å². The summed E-state index contributed by atoms with van der Waals surface area (Å²) in [5.41, 5.74) is 2.48. The fourth-order valence-corrected chi connectivity index (χ4v) is 4.03. The number of rotatable bonds is 3. The molecule has 8 heteroatoms. The highest BCUT2D eigenvalue weighted by atomic mass is 35.5. The molecule has 0 radical (unpaired) electrons. The average molecular weight is 426 g/mol. The summed E-state index contributed by atoms with van der Waals surface area (Å²) in [5, 5.41) is 5.47. The molecule has 2 aromatic rings. The Kier molecular flexibility index (Phi) is 5.31. The van der Waals surface area contributed by atoms with E-state index >= 15 is 0 Å². The zero-order chi connectivity index (χ0) is 19.9. The van der Waals surface area contributed by atoms with Crippen molar-refractivity contribution in [3.05, 3.63) is 81.9 Å². The van der Waals surface area contributed by atoms with Crippen molar-refractivity contribution in [1.82, 2.24) is 0 Å². The Morgan fingerprint density at radius 2 is 1.78 bits per heavy atom. The molecule has 0 aromatic heterocycles. The van der Waals surface area contributed by atoms with Crippen LogP contribution in [0.4, 0.5) is 8.78 Å². The summed E-state index contributed by atoms with van der Waals surface area (Å²) < 4.78 is 50.8. The lowest BCUT2D eigenvalue weighted by molar-refractivity contribution is 0.519. The van der Waals surface area contributed by atoms with E-state index in [1.807, 2.05) is 31.2 Å². The van der Waals surface area contributed by atoms with Gasteiger partial charge in [0.05, 0.1) is 0 Å². The van der Waals surface area contributed by atoms with E-state index < -0.39 is 26.6 Å². The van der Waals surface area contributed by atoms with E-state index in [2.05, 4.69) is 0 Å². The predicted molar refractivity (Wildman–Crippen MR) is 106 cm³/mol. The zero-order valence-electron chi connectivity index (χ0n) is 14.0. The molecular weight excluding hydrogens is 412 g/mol. The van der Waals surface area contributed by atoms with E-state index in [4.69, 9.17) is 29.0 Å². The van der Waals surface area contributed by atoms with Crippen LogP contribution in [-0.4, -0.2) is 13.3 Å². The van der Waals surface area contributed by atoms with Crippen LogP contribution in [0.3, 0.4) is 0 Å². The smallest absolute Gasteiger partial charge is 0.224 e. The van der Waals surface area contributed by atoms with Gasteiger partial charge in [0, 0.05) is 15.8 Å². The van der Waals surface area contributed by atoms with E-state index in [-0.39, 0.29) is 11.5 Å². The Bertz CT molecular complexity index is 1100. The van der Waals surface area contributed by atoms with Crippen molar-refractivity contribution < 1.29 is 17.2 Å². The second kappa shape index (κ2) is 7.24. The minimum Gasteiger partial charge on any atom is -0.224 e. The lowest BCUT2D eigenvalue weighted by Crippen LogP contribution is -2.16. The number of aryl methyl sites for hydroxylation is 1. The Labute approximate surface area is 166 Å². The maximum Gasteiger partial charge on any atom is 0.243 e. The Hall–Kier alpha value is -1.93. The second-order valence-corrected chi connectivity index (χ2v) is 8.54. The van der Waals surface area contributed by atoms with Crippen LogP contribution in [-0.2, 0) is 10.0 Å². The summed E-state index contributed by atoms with van der Waals surface area (Å²) in [6, 6.07) is 7.48. The largest absolute Gasteiger partial charge is 0.243 e. The number of hydrogen-bond donors (Lipinski definition) is 1. The highest BCUT2D eigenvalue weighted by Crippen LogP contribution is 2.32. The minimum atomic E-state index is -4.50. The van der Waals surface area contributed by atoms with E-state index in [1.165, 1.54) is 0 Å². The fraction of sp³-hybridized carbons (Fsp3) is 0.105. The van der Waals surface area contributed by atoms with E-state index in [1.54, 1.807) is 12.2 Å². The van der Waals surface area contributed by atoms with Crippen molar-refractivity contribution in [3.63, 3.8) is 0 Å². The van der Waals surface area contributed by atoms with Crippen molar-refractivity contribution in [2.75, 3.05) is 0 Å². The first-order valence-corrected chi connectivity index (χ1v) is 10.1. The molecule has 2 aromatic carbocycles. The normalized spacial score (nSPS) is 17.1. The molecule has 0 saturated carbocycles. The molecule has 0 saturated heterocycles. The van der Waals surface area contributed by atoms with Crippen LogP contribution in [0.2, 0.25) is 5.02 Å². The number of halogens is 3. The molecule has 0 fully saturated rings. The number of hydrogen-bond acceptors (Lipinski definition) is 3. The molecule has 1 aliphatic carbocycles. The van der Waals surface area contributed by atoms with Crippen LogP contribution < -0.4 is 5.14 Å². The van der Waals surface area contributed by atoms with Crippen LogP contribution >= 0.6 is 23.8 Å². The van der Waals surface area contributed by atoms with Crippen LogP contribution in [0, 0.1) is 18.6 Å². The maximum absolute atomic E-state index is 14.1. The van der Waals surface area contributed by atoms with Gasteiger partial charge in [-0.25, -0.2) is 22.3 Å². The molecular formula is C19H14ClF2NO2S2. The second-order valence-electron chi connectivity index (χ2n) is 6.16. The highest BCUT2D eigenvalue weighted by Gasteiger charge is 2.23. The zero-order valence-corrected chi connectivity index (χ0v) is 16.4. The van der Waals surface area contributed by atoms with Gasteiger partial charge >= 0.3 is 0 Å². The SMILES string of the molecule is Cc1ccc(C2C=CC(c3cc(F)c(S(N)(=O)=O)c(F)c3)=CC2=S)cc1Cl. The molecule has 3 rings (SSSR count). The number of primary sulfonamides is 1. The van der Waals surface area contributed by atoms with E-state index in [0.717, 1.165) is 23.3 Å². The number of allylic oxidation sites excluding steroid dienone is 4. The molecule has 27 heavy (non-hydrogen) atoms. The van der Waals surface area contributed by atoms with Gasteiger partial charge in [-0.15, -0.1) is 0 Å². The summed E-state index contributed by atoms with van der Waals surface area (Å²) in [6.45, 7) is 1.90. The molecule has 0 bridgehead atoms. The van der Waals surface area contributed by atoms with Crippen molar-refractivity contribution in [2.45, 2.75) is 17.7 Å². The Morgan fingerprint density at radius 1 is 1.15 bits per heavy atom. The number of benzene rings is 2. The van der Waals surface area contributed by atoms with Gasteiger partial charge in [-0.05, 0) is 53.5 Å². The van der Waals surface area contributed by atoms with Crippen molar-refractivity contribution in [3.8, 4) is 0 Å². The molecule has 2 N–H and O–H groups in total. The van der Waals surface area contributed by atoms with Gasteiger partial charge in [0.25, 0.3) is 0 Å². The first-order valence-electron chi connectivity index (χ1n) is 7.80. The van der Waals surface area contributed by atoms with Gasteiger partial charge in [-0.1, -0.05) is 48.1 Å². The highest BCUT2D eigenvalue weighted by molar-refractivity contribution is 7.89. The van der Waals surface area contributed by atoms with Crippen LogP contribution in [0.5, 0.6) is 0 Å². The summed E-state index contributed by atoms with van der Waals surface area (Å²) in [7, 11) is -4.50. The average Bonchev–Trinajstić information content (AvgIpc) is 2.55. The van der Waals surface area contributed by atoms with Crippen LogP contribution in [0.25, 0.3) is 5.57 Å². The first kappa shape index (κ1) is 19.8. The van der Waals surface area contributed by atoms with Gasteiger partial charge in [0.15, 0.2) is 4.90 Å². The summed E-state index contributed by atoms with van der Waals surface area (Å²) in [4.78, 5) is -0.606. The molecule has 1 aliphatic rings. The summed E-state index contributed by atoms with van der Waals surface area (Å²) >= 11 is 11.6. The van der Waals surface area contributed by atoms with E-state index in [0.29, 0.717) is 15.5 Å². The lowest BCUT2D eigenvalue weighted by Gasteiger charge is -2.19. The standard InChI is InChI=1S/C19H14ClF2NO2S2/c1-10-2-3-12(6-15(10)20)14-5-4-11(9-18(14)26)13-7-16(21)19(17(22)8-13)27(23,24)25/h2-9,14H,1H3,(H2,23,24,25). The van der Waals surface area contributed by atoms with Crippen molar-refractivity contribution >= 4 is 44.3 Å². The third-order valence-corrected chi connectivity index (χ3v) is 5.98. The molecule has 1 unspecified atom stereocenters. The molecule has 0 heterocycles. The third kappa shape index (κ3) is 4.01. The quantitative estimate of drug-likeness (QED) is 0.726. The maximum atomic E-state index is 14.1. The van der Waals surface area contributed by atoms with Gasteiger partial charge in [0.2, 0.25) is 10.0 Å². The van der Waals surface area contributed by atoms with Crippen LogP contribution in [0.1, 0.15) is 22.6 Å². The fourth-order valence-electron chi connectivity index (χ4n) is 2.84. The molecule has 0 spiro atoms. The molecule has 3 nitrogen and oxygen atoms in total. The van der Waals surface area contributed by atoms with E-state index in [9.17, 15) is 17.2 Å². The lowest BCUT2D eigenvalue weighted by atomic mass is 9.87. The first-order chi connectivity index (χ1) is 12.6. The summed E-state index contributed by atoms with van der Waals surface area (Å²) in [5.74, 6) is -2.69.